The minimum absolute atomic E-state index is 0.241. The molecular weight excluding hydrogens is 310 g/mol. The number of benzene rings is 1. The summed E-state index contributed by atoms with van der Waals surface area (Å²) in [7, 11) is 2.92. The van der Waals surface area contributed by atoms with E-state index in [0.717, 1.165) is 5.75 Å². The van der Waals surface area contributed by atoms with Crippen LogP contribution in [0.2, 0.25) is 0 Å². The summed E-state index contributed by atoms with van der Waals surface area (Å²) in [6.07, 6.45) is 1.96. The minimum atomic E-state index is -0.601. The molecule has 0 radical (unpaired) electrons. The molecule has 0 aromatic heterocycles. The molecule has 1 aromatic carbocycles. The van der Waals surface area contributed by atoms with E-state index in [1.165, 1.54) is 18.1 Å². The first kappa shape index (κ1) is 17.8. The molecule has 1 aromatic rings. The van der Waals surface area contributed by atoms with Gasteiger partial charge in [0.15, 0.2) is 0 Å². The molecule has 6 heteroatoms. The van der Waals surface area contributed by atoms with Crippen LogP contribution in [0.5, 0.6) is 11.5 Å². The van der Waals surface area contributed by atoms with Crippen molar-refractivity contribution >= 4 is 11.9 Å². The lowest BCUT2D eigenvalue weighted by Crippen LogP contribution is -2.44. The highest BCUT2D eigenvalue weighted by molar-refractivity contribution is 5.94. The van der Waals surface area contributed by atoms with Crippen LogP contribution >= 0.6 is 0 Å². The molecule has 130 valence electrons. The molecule has 0 spiro atoms. The maximum Gasteiger partial charge on any atom is 0.328 e. The van der Waals surface area contributed by atoms with Crippen LogP contribution in [0, 0.1) is 5.92 Å². The maximum atomic E-state index is 12.3. The van der Waals surface area contributed by atoms with Gasteiger partial charge in [-0.25, -0.2) is 4.79 Å². The normalized spacial score (nSPS) is 15.3. The summed E-state index contributed by atoms with van der Waals surface area (Å²) in [5.41, 5.74) is 0. The lowest BCUT2D eigenvalue weighted by Gasteiger charge is -2.27. The number of carbonyl (C=O) groups is 2. The van der Waals surface area contributed by atoms with E-state index in [0.29, 0.717) is 17.9 Å². The first-order valence-electron chi connectivity index (χ1n) is 7.85. The Kier molecular flexibility index (Phi) is 5.84. The van der Waals surface area contributed by atoms with Gasteiger partial charge in [0.2, 0.25) is 0 Å². The Balaban J connectivity index is 2.06. The second kappa shape index (κ2) is 7.86. The lowest BCUT2D eigenvalue weighted by atomic mass is 10.0. The van der Waals surface area contributed by atoms with Gasteiger partial charge in [0, 0.05) is 6.08 Å². The molecule has 0 N–H and O–H groups in total. The molecule has 1 aliphatic rings. The molecule has 0 fully saturated rings. The third kappa shape index (κ3) is 4.28. The minimum Gasteiger partial charge on any atom is -0.497 e. The molecule has 1 amide bonds. The van der Waals surface area contributed by atoms with E-state index >= 15 is 0 Å². The van der Waals surface area contributed by atoms with Gasteiger partial charge in [-0.15, -0.1) is 0 Å². The molecule has 2 rings (SSSR count). The summed E-state index contributed by atoms with van der Waals surface area (Å²) in [4.78, 5) is 25.8. The zero-order valence-corrected chi connectivity index (χ0v) is 14.4. The van der Waals surface area contributed by atoms with Gasteiger partial charge in [0.1, 0.15) is 23.3 Å². The van der Waals surface area contributed by atoms with Crippen LogP contribution in [0.25, 0.3) is 0 Å². The Morgan fingerprint density at radius 1 is 1.17 bits per heavy atom. The Labute approximate surface area is 142 Å². The summed E-state index contributed by atoms with van der Waals surface area (Å²) in [5, 5.41) is 0. The number of amides is 1. The number of ether oxygens (including phenoxy) is 3. The highest BCUT2D eigenvalue weighted by atomic mass is 16.5. The molecular formula is C18H23NO5. The fraction of sp³-hybridized carbons (Fsp3) is 0.444. The van der Waals surface area contributed by atoms with Gasteiger partial charge in [-0.1, -0.05) is 13.8 Å². The molecule has 6 nitrogen and oxygen atoms in total. The van der Waals surface area contributed by atoms with E-state index in [2.05, 4.69) is 0 Å². The van der Waals surface area contributed by atoms with Crippen molar-refractivity contribution in [1.29, 1.82) is 0 Å². The average Bonchev–Trinajstić information content (AvgIpc) is 2.92. The summed E-state index contributed by atoms with van der Waals surface area (Å²) in [5.74, 6) is 1.44. The van der Waals surface area contributed by atoms with E-state index in [1.54, 1.807) is 31.4 Å². The molecule has 0 aliphatic carbocycles. The molecule has 1 atom stereocenters. The second-order valence-corrected chi connectivity index (χ2v) is 6.02. The van der Waals surface area contributed by atoms with Crippen molar-refractivity contribution in [2.45, 2.75) is 26.3 Å². The first-order chi connectivity index (χ1) is 11.4. The predicted molar refractivity (Wildman–Crippen MR) is 88.7 cm³/mol. The van der Waals surface area contributed by atoms with Crippen LogP contribution in [0.1, 0.15) is 20.3 Å². The Hall–Kier alpha value is -2.50. The summed E-state index contributed by atoms with van der Waals surface area (Å²) < 4.78 is 15.7. The fourth-order valence-corrected chi connectivity index (χ4v) is 2.57. The van der Waals surface area contributed by atoms with E-state index in [4.69, 9.17) is 14.2 Å². The van der Waals surface area contributed by atoms with Crippen molar-refractivity contribution in [2.75, 3.05) is 20.8 Å². The lowest BCUT2D eigenvalue weighted by molar-refractivity contribution is -0.151. The standard InChI is InChI=1S/C18H23NO5/c1-12(2)9-16(18(21)23-4)19-11-15(10-17(19)20)24-14-7-5-13(22-3)6-8-14/h5-8,10,12,16H,9,11H2,1-4H3/t16-/m0/s1. The van der Waals surface area contributed by atoms with Crippen molar-refractivity contribution in [1.82, 2.24) is 4.90 Å². The third-order valence-corrected chi connectivity index (χ3v) is 3.75. The highest BCUT2D eigenvalue weighted by Gasteiger charge is 2.35. The van der Waals surface area contributed by atoms with Gasteiger partial charge in [-0.05, 0) is 36.6 Å². The average molecular weight is 333 g/mol. The first-order valence-corrected chi connectivity index (χ1v) is 7.85. The van der Waals surface area contributed by atoms with Gasteiger partial charge in [-0.2, -0.15) is 0 Å². The Bertz CT molecular complexity index is 621. The van der Waals surface area contributed by atoms with Gasteiger partial charge in [-0.3, -0.25) is 4.79 Å². The molecule has 1 aliphatic heterocycles. The topological polar surface area (TPSA) is 65.1 Å². The van der Waals surface area contributed by atoms with Crippen LogP contribution in [-0.4, -0.2) is 43.6 Å². The summed E-state index contributed by atoms with van der Waals surface area (Å²) in [6, 6.07) is 6.48. The second-order valence-electron chi connectivity index (χ2n) is 6.02. The smallest absolute Gasteiger partial charge is 0.328 e. The molecule has 24 heavy (non-hydrogen) atoms. The number of hydrogen-bond acceptors (Lipinski definition) is 5. The number of rotatable bonds is 7. The van der Waals surface area contributed by atoms with Gasteiger partial charge in [0.25, 0.3) is 5.91 Å². The zero-order valence-electron chi connectivity index (χ0n) is 14.4. The van der Waals surface area contributed by atoms with Crippen LogP contribution < -0.4 is 9.47 Å². The van der Waals surface area contributed by atoms with Crippen LogP contribution in [0.3, 0.4) is 0 Å². The van der Waals surface area contributed by atoms with Crippen LogP contribution in [0.4, 0.5) is 0 Å². The van der Waals surface area contributed by atoms with E-state index < -0.39 is 12.0 Å². The van der Waals surface area contributed by atoms with E-state index in [9.17, 15) is 9.59 Å². The Morgan fingerprint density at radius 3 is 2.33 bits per heavy atom. The third-order valence-electron chi connectivity index (χ3n) is 3.75. The van der Waals surface area contributed by atoms with E-state index in [1.807, 2.05) is 13.8 Å². The number of carbonyl (C=O) groups excluding carboxylic acids is 2. The van der Waals surface area contributed by atoms with Crippen molar-refractivity contribution in [3.63, 3.8) is 0 Å². The summed E-state index contributed by atoms with van der Waals surface area (Å²) in [6.45, 7) is 4.24. The van der Waals surface area contributed by atoms with Crippen LogP contribution in [-0.2, 0) is 14.3 Å². The summed E-state index contributed by atoms with van der Waals surface area (Å²) >= 11 is 0. The molecule has 1 heterocycles. The molecule has 0 unspecified atom stereocenters. The van der Waals surface area contributed by atoms with Gasteiger partial charge >= 0.3 is 5.97 Å². The van der Waals surface area contributed by atoms with Gasteiger partial charge < -0.3 is 19.1 Å². The van der Waals surface area contributed by atoms with Gasteiger partial charge in [0.05, 0.1) is 20.8 Å². The number of hydrogen-bond donors (Lipinski definition) is 0. The number of nitrogens with zero attached hydrogens (tertiary/aromatic N) is 1. The monoisotopic (exact) mass is 333 g/mol. The molecule has 0 saturated heterocycles. The largest absolute Gasteiger partial charge is 0.497 e. The maximum absolute atomic E-state index is 12.3. The fourth-order valence-electron chi connectivity index (χ4n) is 2.57. The van der Waals surface area contributed by atoms with Crippen molar-refractivity contribution in [3.05, 3.63) is 36.1 Å². The predicted octanol–water partition coefficient (Wildman–Crippen LogP) is 2.39. The Morgan fingerprint density at radius 2 is 1.79 bits per heavy atom. The van der Waals surface area contributed by atoms with Crippen molar-refractivity contribution in [2.24, 2.45) is 5.92 Å². The zero-order chi connectivity index (χ0) is 17.7. The van der Waals surface area contributed by atoms with Crippen molar-refractivity contribution < 1.29 is 23.8 Å². The number of methoxy groups -OCH3 is 2. The molecule has 0 saturated carbocycles. The van der Waals surface area contributed by atoms with Crippen LogP contribution in [0.15, 0.2) is 36.1 Å². The molecule has 0 bridgehead atoms. The highest BCUT2D eigenvalue weighted by Crippen LogP contribution is 2.24. The van der Waals surface area contributed by atoms with Crippen molar-refractivity contribution in [3.8, 4) is 11.5 Å². The SMILES string of the molecule is COC(=O)[C@H](CC(C)C)N1CC(Oc2ccc(OC)cc2)=CC1=O. The number of esters is 1. The van der Waals surface area contributed by atoms with E-state index in [-0.39, 0.29) is 18.4 Å². The quantitative estimate of drug-likeness (QED) is 0.717.